The first-order chi connectivity index (χ1) is 12.5. The molecule has 7 heteroatoms. The van der Waals surface area contributed by atoms with Crippen LogP contribution >= 0.6 is 23.1 Å². The zero-order chi connectivity index (χ0) is 19.1. The minimum Gasteiger partial charge on any atom is -0.462 e. The van der Waals surface area contributed by atoms with Crippen LogP contribution in [-0.4, -0.2) is 18.5 Å². The molecule has 1 heterocycles. The number of thiophene rings is 1. The van der Waals surface area contributed by atoms with E-state index in [9.17, 15) is 9.59 Å². The van der Waals surface area contributed by atoms with Crippen LogP contribution in [0.15, 0.2) is 29.2 Å². The maximum absolute atomic E-state index is 12.4. The van der Waals surface area contributed by atoms with Crippen molar-refractivity contribution >= 4 is 40.0 Å². The Balaban J connectivity index is 2.18. The molecule has 0 aliphatic carbocycles. The molecule has 0 aliphatic heterocycles. The molecule has 0 aliphatic rings. The summed E-state index contributed by atoms with van der Waals surface area (Å²) >= 11 is 2.07. The standard InChI is InChI=1S/C19H20N2O3S2/c1-4-13-6-8-14(9-7-13)10-15(22)21-18-16(25-11-20)12(3)17(26-18)19(23)24-5-2/h6-9H,4-5,10H2,1-3H3,(H,21,22). The van der Waals surface area contributed by atoms with E-state index in [0.29, 0.717) is 20.3 Å². The van der Waals surface area contributed by atoms with Crippen LogP contribution in [0.3, 0.4) is 0 Å². The third kappa shape index (κ3) is 4.87. The quantitative estimate of drug-likeness (QED) is 0.428. The van der Waals surface area contributed by atoms with E-state index in [2.05, 4.69) is 12.2 Å². The van der Waals surface area contributed by atoms with Gasteiger partial charge >= 0.3 is 5.97 Å². The van der Waals surface area contributed by atoms with Crippen molar-refractivity contribution in [3.8, 4) is 5.40 Å². The molecule has 1 aromatic heterocycles. The van der Waals surface area contributed by atoms with Crippen molar-refractivity contribution in [2.45, 2.75) is 38.5 Å². The van der Waals surface area contributed by atoms with E-state index in [0.717, 1.165) is 35.1 Å². The Morgan fingerprint density at radius 1 is 1.23 bits per heavy atom. The molecule has 0 radical (unpaired) electrons. The van der Waals surface area contributed by atoms with E-state index in [1.807, 2.05) is 29.7 Å². The molecule has 2 rings (SSSR count). The van der Waals surface area contributed by atoms with Crippen molar-refractivity contribution in [3.63, 3.8) is 0 Å². The fraction of sp³-hybridized carbons (Fsp3) is 0.316. The lowest BCUT2D eigenvalue weighted by Crippen LogP contribution is -2.14. The Labute approximate surface area is 161 Å². The van der Waals surface area contributed by atoms with Gasteiger partial charge in [-0.15, -0.1) is 11.3 Å². The number of nitrogens with zero attached hydrogens (tertiary/aromatic N) is 1. The number of hydrogen-bond acceptors (Lipinski definition) is 6. The first kappa shape index (κ1) is 20.0. The molecule has 0 atom stereocenters. The van der Waals surface area contributed by atoms with Gasteiger partial charge in [0.1, 0.15) is 15.3 Å². The summed E-state index contributed by atoms with van der Waals surface area (Å²) in [5, 5.41) is 14.4. The number of anilines is 1. The molecule has 0 bridgehead atoms. The predicted molar refractivity (Wildman–Crippen MR) is 105 cm³/mol. The van der Waals surface area contributed by atoms with Crippen molar-refractivity contribution in [1.82, 2.24) is 0 Å². The van der Waals surface area contributed by atoms with Crippen LogP contribution in [0.25, 0.3) is 0 Å². The first-order valence-corrected chi connectivity index (χ1v) is 9.87. The number of amides is 1. The van der Waals surface area contributed by atoms with Crippen LogP contribution in [0.1, 0.15) is 40.2 Å². The van der Waals surface area contributed by atoms with Crippen molar-refractivity contribution in [2.75, 3.05) is 11.9 Å². The van der Waals surface area contributed by atoms with Crippen LogP contribution in [0, 0.1) is 17.6 Å². The Kier molecular flexibility index (Phi) is 7.25. The Morgan fingerprint density at radius 2 is 1.88 bits per heavy atom. The number of thioether (sulfide) groups is 1. The van der Waals surface area contributed by atoms with Crippen LogP contribution < -0.4 is 5.32 Å². The predicted octanol–water partition coefficient (Wildman–Crippen LogP) is 4.55. The van der Waals surface area contributed by atoms with Gasteiger partial charge in [0.25, 0.3) is 0 Å². The van der Waals surface area contributed by atoms with Gasteiger partial charge in [-0.2, -0.15) is 5.26 Å². The highest BCUT2D eigenvalue weighted by molar-refractivity contribution is 8.04. The summed E-state index contributed by atoms with van der Waals surface area (Å²) in [5.41, 5.74) is 2.78. The van der Waals surface area contributed by atoms with Crippen molar-refractivity contribution in [2.24, 2.45) is 0 Å². The van der Waals surface area contributed by atoms with Gasteiger partial charge in [-0.05, 0) is 48.7 Å². The van der Waals surface area contributed by atoms with Crippen LogP contribution in [0.2, 0.25) is 0 Å². The molecule has 0 spiro atoms. The second-order valence-electron chi connectivity index (χ2n) is 5.52. The Bertz CT molecular complexity index is 836. The summed E-state index contributed by atoms with van der Waals surface area (Å²) in [5.74, 6) is -0.629. The lowest BCUT2D eigenvalue weighted by atomic mass is 10.1. The number of thiocyanates is 1. The zero-order valence-corrected chi connectivity index (χ0v) is 16.6. The Hall–Kier alpha value is -2.30. The molecule has 5 nitrogen and oxygen atoms in total. The second kappa shape index (κ2) is 9.41. The maximum Gasteiger partial charge on any atom is 0.348 e. The molecule has 26 heavy (non-hydrogen) atoms. The molecule has 0 fully saturated rings. The highest BCUT2D eigenvalue weighted by Crippen LogP contribution is 2.40. The number of esters is 1. The third-order valence-corrected chi connectivity index (χ3v) is 5.87. The fourth-order valence-electron chi connectivity index (χ4n) is 2.39. The molecule has 1 amide bonds. The van der Waals surface area contributed by atoms with Crippen molar-refractivity contribution in [3.05, 3.63) is 45.8 Å². The minimum absolute atomic E-state index is 0.189. The summed E-state index contributed by atoms with van der Waals surface area (Å²) in [7, 11) is 0. The third-order valence-electron chi connectivity index (χ3n) is 3.75. The molecular formula is C19H20N2O3S2. The normalized spacial score (nSPS) is 10.2. The van der Waals surface area contributed by atoms with E-state index in [1.54, 1.807) is 13.8 Å². The molecule has 0 saturated heterocycles. The van der Waals surface area contributed by atoms with Gasteiger partial charge in [-0.3, -0.25) is 4.79 Å². The largest absolute Gasteiger partial charge is 0.462 e. The fourth-order valence-corrected chi connectivity index (χ4v) is 4.21. The summed E-state index contributed by atoms with van der Waals surface area (Å²) in [6, 6.07) is 7.89. The molecule has 1 aromatic carbocycles. The molecule has 2 aromatic rings. The van der Waals surface area contributed by atoms with E-state index in [4.69, 9.17) is 10.00 Å². The van der Waals surface area contributed by atoms with Gasteiger partial charge in [-0.25, -0.2) is 4.79 Å². The number of benzene rings is 1. The molecular weight excluding hydrogens is 368 g/mol. The molecule has 0 saturated carbocycles. The van der Waals surface area contributed by atoms with E-state index >= 15 is 0 Å². The van der Waals surface area contributed by atoms with Gasteiger partial charge in [0.05, 0.1) is 17.9 Å². The van der Waals surface area contributed by atoms with Crippen LogP contribution in [0.5, 0.6) is 0 Å². The summed E-state index contributed by atoms with van der Waals surface area (Å²) in [6.45, 7) is 5.84. The number of nitrogens with one attached hydrogen (secondary N) is 1. The number of rotatable bonds is 7. The lowest BCUT2D eigenvalue weighted by molar-refractivity contribution is -0.115. The molecule has 1 N–H and O–H groups in total. The number of ether oxygens (including phenoxy) is 1. The van der Waals surface area contributed by atoms with Crippen molar-refractivity contribution in [1.29, 1.82) is 5.26 Å². The van der Waals surface area contributed by atoms with Gasteiger partial charge in [0.15, 0.2) is 0 Å². The van der Waals surface area contributed by atoms with Gasteiger partial charge in [0, 0.05) is 0 Å². The average Bonchev–Trinajstić information content (AvgIpc) is 2.92. The van der Waals surface area contributed by atoms with E-state index < -0.39 is 5.97 Å². The Morgan fingerprint density at radius 3 is 2.46 bits per heavy atom. The number of aryl methyl sites for hydroxylation is 1. The van der Waals surface area contributed by atoms with Gasteiger partial charge in [-0.1, -0.05) is 31.2 Å². The highest BCUT2D eigenvalue weighted by atomic mass is 32.2. The van der Waals surface area contributed by atoms with Crippen molar-refractivity contribution < 1.29 is 14.3 Å². The monoisotopic (exact) mass is 388 g/mol. The average molecular weight is 389 g/mol. The number of nitriles is 1. The maximum atomic E-state index is 12.4. The van der Waals surface area contributed by atoms with Gasteiger partial charge < -0.3 is 10.1 Å². The number of hydrogen-bond donors (Lipinski definition) is 1. The molecule has 136 valence electrons. The summed E-state index contributed by atoms with van der Waals surface area (Å²) in [6.07, 6.45) is 1.18. The SMILES string of the molecule is CCOC(=O)c1sc(NC(=O)Cc2ccc(CC)cc2)c(SC#N)c1C. The lowest BCUT2D eigenvalue weighted by Gasteiger charge is -2.05. The first-order valence-electron chi connectivity index (χ1n) is 8.24. The molecule has 0 unspecified atom stereocenters. The number of carbonyl (C=O) groups excluding carboxylic acids is 2. The highest BCUT2D eigenvalue weighted by Gasteiger charge is 2.22. The topological polar surface area (TPSA) is 79.2 Å². The summed E-state index contributed by atoms with van der Waals surface area (Å²) in [4.78, 5) is 25.5. The van der Waals surface area contributed by atoms with E-state index in [1.165, 1.54) is 5.56 Å². The van der Waals surface area contributed by atoms with Gasteiger partial charge in [0.2, 0.25) is 5.91 Å². The second-order valence-corrected chi connectivity index (χ2v) is 7.34. The van der Waals surface area contributed by atoms with E-state index in [-0.39, 0.29) is 18.9 Å². The minimum atomic E-state index is -0.439. The smallest absolute Gasteiger partial charge is 0.348 e. The van der Waals surface area contributed by atoms with Crippen LogP contribution in [-0.2, 0) is 22.4 Å². The number of carbonyl (C=O) groups is 2. The van der Waals surface area contributed by atoms with Crippen LogP contribution in [0.4, 0.5) is 5.00 Å². The zero-order valence-electron chi connectivity index (χ0n) is 14.9. The summed E-state index contributed by atoms with van der Waals surface area (Å²) < 4.78 is 5.04.